The third-order valence-corrected chi connectivity index (χ3v) is 5.05. The average Bonchev–Trinajstić information content (AvgIpc) is 2.69. The van der Waals surface area contributed by atoms with Gasteiger partial charge in [-0.15, -0.1) is 0 Å². The van der Waals surface area contributed by atoms with Crippen LogP contribution in [0.5, 0.6) is 0 Å². The third-order valence-electron chi connectivity index (χ3n) is 5.05. The summed E-state index contributed by atoms with van der Waals surface area (Å²) < 4.78 is 6.01. The molecule has 17 heavy (non-hydrogen) atoms. The van der Waals surface area contributed by atoms with Crippen molar-refractivity contribution in [1.29, 1.82) is 0 Å². The molecule has 94 valence electrons. The summed E-state index contributed by atoms with van der Waals surface area (Å²) >= 11 is 0. The highest BCUT2D eigenvalue weighted by molar-refractivity contribution is 5.30. The lowest BCUT2D eigenvalue weighted by Gasteiger charge is -2.48. The monoisotopic (exact) mass is 232 g/mol. The Bertz CT molecular complexity index is 373. The van der Waals surface area contributed by atoms with Crippen molar-refractivity contribution in [2.24, 2.45) is 11.3 Å². The van der Waals surface area contributed by atoms with E-state index in [1.54, 1.807) is 5.57 Å². The first-order chi connectivity index (χ1) is 8.22. The zero-order valence-electron chi connectivity index (χ0n) is 11.2. The molecule has 0 amide bonds. The van der Waals surface area contributed by atoms with Crippen LogP contribution in [0.25, 0.3) is 0 Å². The second-order valence-corrected chi connectivity index (χ2v) is 6.31. The number of rotatable bonds is 2. The van der Waals surface area contributed by atoms with Crippen molar-refractivity contribution < 1.29 is 4.74 Å². The molecular formula is C16H24O. The van der Waals surface area contributed by atoms with Crippen LogP contribution in [0.4, 0.5) is 0 Å². The van der Waals surface area contributed by atoms with E-state index in [0.717, 1.165) is 12.5 Å². The van der Waals surface area contributed by atoms with Crippen molar-refractivity contribution >= 4 is 0 Å². The summed E-state index contributed by atoms with van der Waals surface area (Å²) in [5.41, 5.74) is 3.66. The highest BCUT2D eigenvalue weighted by Crippen LogP contribution is 2.60. The largest absolute Gasteiger partial charge is 0.497 e. The predicted molar refractivity (Wildman–Crippen MR) is 70.7 cm³/mol. The molecule has 0 bridgehead atoms. The normalized spacial score (nSPS) is 35.3. The second kappa shape index (κ2) is 4.19. The summed E-state index contributed by atoms with van der Waals surface area (Å²) in [5, 5.41) is 0. The molecule has 0 aromatic heterocycles. The Balaban J connectivity index is 1.78. The van der Waals surface area contributed by atoms with Crippen LogP contribution in [-0.2, 0) is 4.74 Å². The van der Waals surface area contributed by atoms with E-state index in [-0.39, 0.29) is 0 Å². The molecule has 0 aromatic carbocycles. The van der Waals surface area contributed by atoms with Crippen molar-refractivity contribution in [2.45, 2.75) is 58.8 Å². The van der Waals surface area contributed by atoms with Crippen molar-refractivity contribution in [2.75, 3.05) is 6.61 Å². The Morgan fingerprint density at radius 3 is 2.88 bits per heavy atom. The molecule has 3 rings (SSSR count). The topological polar surface area (TPSA) is 9.23 Å². The lowest BCUT2D eigenvalue weighted by atomic mass is 9.55. The van der Waals surface area contributed by atoms with E-state index in [1.807, 2.05) is 0 Å². The minimum absolute atomic E-state index is 0.474. The van der Waals surface area contributed by atoms with Gasteiger partial charge in [0.1, 0.15) is 0 Å². The zero-order valence-corrected chi connectivity index (χ0v) is 11.2. The lowest BCUT2D eigenvalue weighted by Crippen LogP contribution is -2.42. The van der Waals surface area contributed by atoms with Gasteiger partial charge in [0.25, 0.3) is 0 Å². The van der Waals surface area contributed by atoms with E-state index in [9.17, 15) is 0 Å². The van der Waals surface area contributed by atoms with E-state index in [1.165, 1.54) is 56.3 Å². The SMILES string of the molecule is CC(C)=CCC1CCC12COC1=C2CCCC1. The van der Waals surface area contributed by atoms with E-state index in [2.05, 4.69) is 19.9 Å². The van der Waals surface area contributed by atoms with Crippen LogP contribution in [0.1, 0.15) is 58.8 Å². The maximum atomic E-state index is 6.01. The number of hydrogen-bond donors (Lipinski definition) is 0. The van der Waals surface area contributed by atoms with E-state index >= 15 is 0 Å². The molecule has 1 nitrogen and oxygen atoms in total. The van der Waals surface area contributed by atoms with Crippen LogP contribution >= 0.6 is 0 Å². The van der Waals surface area contributed by atoms with Gasteiger partial charge in [0.15, 0.2) is 0 Å². The molecule has 1 spiro atoms. The Morgan fingerprint density at radius 1 is 1.35 bits per heavy atom. The number of hydrogen-bond acceptors (Lipinski definition) is 1. The highest BCUT2D eigenvalue weighted by Gasteiger charge is 2.53. The number of ether oxygens (including phenoxy) is 1. The Kier molecular flexibility index (Phi) is 2.80. The summed E-state index contributed by atoms with van der Waals surface area (Å²) in [4.78, 5) is 0. The van der Waals surface area contributed by atoms with Crippen molar-refractivity contribution in [3.8, 4) is 0 Å². The summed E-state index contributed by atoms with van der Waals surface area (Å²) in [6.45, 7) is 5.42. The molecule has 0 radical (unpaired) electrons. The lowest BCUT2D eigenvalue weighted by molar-refractivity contribution is 0.0265. The Morgan fingerprint density at radius 2 is 2.18 bits per heavy atom. The summed E-state index contributed by atoms with van der Waals surface area (Å²) in [6, 6.07) is 0. The first-order valence-electron chi connectivity index (χ1n) is 7.21. The van der Waals surface area contributed by atoms with Gasteiger partial charge >= 0.3 is 0 Å². The van der Waals surface area contributed by atoms with Gasteiger partial charge in [0, 0.05) is 11.8 Å². The molecule has 2 aliphatic carbocycles. The van der Waals surface area contributed by atoms with Gasteiger partial charge in [0.2, 0.25) is 0 Å². The van der Waals surface area contributed by atoms with E-state index in [4.69, 9.17) is 4.74 Å². The minimum atomic E-state index is 0.474. The second-order valence-electron chi connectivity index (χ2n) is 6.31. The maximum absolute atomic E-state index is 6.01. The fourth-order valence-corrected chi connectivity index (χ4v) is 3.87. The molecule has 1 heteroatoms. The van der Waals surface area contributed by atoms with Crippen LogP contribution in [0.2, 0.25) is 0 Å². The predicted octanol–water partition coefficient (Wildman–Crippen LogP) is 4.60. The third kappa shape index (κ3) is 1.75. The standard InChI is InChI=1S/C16H24O/c1-12(2)7-8-13-9-10-16(13)11-17-15-6-4-3-5-14(15)16/h7,13H,3-6,8-11H2,1-2H3. The summed E-state index contributed by atoms with van der Waals surface area (Å²) in [6.07, 6.45) is 11.7. The van der Waals surface area contributed by atoms with E-state index in [0.29, 0.717) is 5.41 Å². The summed E-state index contributed by atoms with van der Waals surface area (Å²) in [5.74, 6) is 2.25. The molecule has 1 fully saturated rings. The summed E-state index contributed by atoms with van der Waals surface area (Å²) in [7, 11) is 0. The van der Waals surface area contributed by atoms with Crippen molar-refractivity contribution in [1.82, 2.24) is 0 Å². The van der Waals surface area contributed by atoms with Crippen LogP contribution in [0.3, 0.4) is 0 Å². The first kappa shape index (κ1) is 11.4. The van der Waals surface area contributed by atoms with Crippen molar-refractivity contribution in [3.63, 3.8) is 0 Å². The van der Waals surface area contributed by atoms with Crippen LogP contribution in [0.15, 0.2) is 23.0 Å². The van der Waals surface area contributed by atoms with Crippen LogP contribution in [0, 0.1) is 11.3 Å². The van der Waals surface area contributed by atoms with Gasteiger partial charge in [-0.25, -0.2) is 0 Å². The zero-order chi connectivity index (χ0) is 11.9. The molecule has 0 N–H and O–H groups in total. The quantitative estimate of drug-likeness (QED) is 0.632. The van der Waals surface area contributed by atoms with E-state index < -0.39 is 0 Å². The highest BCUT2D eigenvalue weighted by atomic mass is 16.5. The molecular weight excluding hydrogens is 208 g/mol. The average molecular weight is 232 g/mol. The molecule has 0 saturated heterocycles. The molecule has 0 aromatic rings. The molecule has 3 aliphatic rings. The molecule has 1 heterocycles. The van der Waals surface area contributed by atoms with Gasteiger partial charge < -0.3 is 4.74 Å². The minimum Gasteiger partial charge on any atom is -0.497 e. The fourth-order valence-electron chi connectivity index (χ4n) is 3.87. The molecule has 1 saturated carbocycles. The van der Waals surface area contributed by atoms with Gasteiger partial charge in [-0.2, -0.15) is 0 Å². The fraction of sp³-hybridized carbons (Fsp3) is 0.750. The Labute approximate surface area is 105 Å². The van der Waals surface area contributed by atoms with Gasteiger partial charge in [-0.05, 0) is 63.9 Å². The van der Waals surface area contributed by atoms with Crippen LogP contribution < -0.4 is 0 Å². The van der Waals surface area contributed by atoms with Gasteiger partial charge in [-0.1, -0.05) is 11.6 Å². The molecule has 2 unspecified atom stereocenters. The van der Waals surface area contributed by atoms with Gasteiger partial charge in [0.05, 0.1) is 12.4 Å². The van der Waals surface area contributed by atoms with Crippen molar-refractivity contribution in [3.05, 3.63) is 23.0 Å². The molecule has 2 atom stereocenters. The smallest absolute Gasteiger partial charge is 0.0974 e. The van der Waals surface area contributed by atoms with Gasteiger partial charge in [-0.3, -0.25) is 0 Å². The maximum Gasteiger partial charge on any atom is 0.0974 e. The first-order valence-corrected chi connectivity index (χ1v) is 7.21. The number of fused-ring (bicyclic) bond motifs is 1. The van der Waals surface area contributed by atoms with Crippen LogP contribution in [-0.4, -0.2) is 6.61 Å². The Hall–Kier alpha value is -0.720. The number of allylic oxidation sites excluding steroid dienone is 3. The molecule has 1 aliphatic heterocycles.